The van der Waals surface area contributed by atoms with E-state index in [9.17, 15) is 14.0 Å². The predicted molar refractivity (Wildman–Crippen MR) is 112 cm³/mol. The van der Waals surface area contributed by atoms with Crippen LogP contribution in [0.25, 0.3) is 11.3 Å². The van der Waals surface area contributed by atoms with E-state index in [1.807, 2.05) is 20.2 Å². The molecular weight excluding hydrogens is 415 g/mol. The van der Waals surface area contributed by atoms with Gasteiger partial charge in [-0.05, 0) is 43.9 Å². The standard InChI is InChI=1S/C23H23FN4O4/c1-13-17(12-27(2)25-13)22-10-18(26-32-22)23(30)28-7-5-14(6-8-28)21-11-19(29)16-9-15(24)3-4-20(16)31-21/h3-4,9-10,12,14,21H,5-8,11H2,1-2H3/t21-/m1/s1. The van der Waals surface area contributed by atoms with E-state index in [0.29, 0.717) is 43.0 Å². The van der Waals surface area contributed by atoms with Crippen molar-refractivity contribution in [2.24, 2.45) is 13.0 Å². The van der Waals surface area contributed by atoms with Crippen LogP contribution >= 0.6 is 0 Å². The number of rotatable bonds is 3. The van der Waals surface area contributed by atoms with Crippen LogP contribution in [0.1, 0.15) is 45.8 Å². The maximum atomic E-state index is 13.4. The van der Waals surface area contributed by atoms with Crippen molar-refractivity contribution in [1.82, 2.24) is 19.8 Å². The molecule has 0 aliphatic carbocycles. The van der Waals surface area contributed by atoms with Crippen LogP contribution in [-0.4, -0.2) is 50.7 Å². The molecule has 1 saturated heterocycles. The highest BCUT2D eigenvalue weighted by molar-refractivity contribution is 6.00. The number of Topliss-reactive ketones (excluding diaryl/α,β-unsaturated/α-hetero) is 1. The fraction of sp³-hybridized carbons (Fsp3) is 0.391. The number of nitrogens with zero attached hydrogens (tertiary/aromatic N) is 4. The molecule has 1 atom stereocenters. The van der Waals surface area contributed by atoms with Crippen LogP contribution < -0.4 is 4.74 Å². The summed E-state index contributed by atoms with van der Waals surface area (Å²) in [6.45, 7) is 2.96. The SMILES string of the molecule is Cc1nn(C)cc1-c1cc(C(=O)N2CCC([C@H]3CC(=O)c4cc(F)ccc4O3)CC2)no1. The van der Waals surface area contributed by atoms with E-state index < -0.39 is 5.82 Å². The van der Waals surface area contributed by atoms with Gasteiger partial charge in [-0.1, -0.05) is 5.16 Å². The molecule has 32 heavy (non-hydrogen) atoms. The minimum atomic E-state index is -0.444. The smallest absolute Gasteiger partial charge is 0.276 e. The third-order valence-corrected chi connectivity index (χ3v) is 6.27. The summed E-state index contributed by atoms with van der Waals surface area (Å²) in [4.78, 5) is 27.1. The maximum absolute atomic E-state index is 13.4. The molecule has 0 N–H and O–H groups in total. The number of aryl methyl sites for hydroxylation is 2. The molecule has 0 radical (unpaired) electrons. The number of aromatic nitrogens is 3. The van der Waals surface area contributed by atoms with E-state index in [-0.39, 0.29) is 35.8 Å². The Labute approximate surface area is 183 Å². The number of benzene rings is 1. The molecule has 4 heterocycles. The molecule has 0 saturated carbocycles. The number of ketones is 1. The molecule has 1 fully saturated rings. The lowest BCUT2D eigenvalue weighted by Gasteiger charge is -2.37. The molecule has 0 unspecified atom stereocenters. The lowest BCUT2D eigenvalue weighted by molar-refractivity contribution is 0.0446. The zero-order valence-corrected chi connectivity index (χ0v) is 17.9. The second kappa shape index (κ2) is 7.89. The normalized spacial score (nSPS) is 19.0. The van der Waals surface area contributed by atoms with Gasteiger partial charge in [-0.15, -0.1) is 0 Å². The Morgan fingerprint density at radius 1 is 1.19 bits per heavy atom. The highest BCUT2D eigenvalue weighted by Crippen LogP contribution is 2.34. The highest BCUT2D eigenvalue weighted by atomic mass is 19.1. The summed E-state index contributed by atoms with van der Waals surface area (Å²) in [6.07, 6.45) is 3.23. The Morgan fingerprint density at radius 3 is 2.69 bits per heavy atom. The van der Waals surface area contributed by atoms with Crippen LogP contribution in [0, 0.1) is 18.7 Å². The first-order chi connectivity index (χ1) is 15.4. The van der Waals surface area contributed by atoms with Crippen molar-refractivity contribution in [3.05, 3.63) is 53.2 Å². The molecule has 2 aromatic heterocycles. The van der Waals surface area contributed by atoms with E-state index in [0.717, 1.165) is 11.3 Å². The van der Waals surface area contributed by atoms with E-state index in [4.69, 9.17) is 9.26 Å². The van der Waals surface area contributed by atoms with Crippen molar-refractivity contribution in [1.29, 1.82) is 0 Å². The number of carbonyl (C=O) groups is 2. The van der Waals surface area contributed by atoms with Gasteiger partial charge in [0.05, 0.1) is 16.8 Å². The molecule has 3 aromatic rings. The monoisotopic (exact) mass is 438 g/mol. The first-order valence-corrected chi connectivity index (χ1v) is 10.6. The molecule has 2 aliphatic heterocycles. The fourth-order valence-electron chi connectivity index (χ4n) is 4.56. The molecule has 1 aromatic carbocycles. The number of carbonyl (C=O) groups excluding carboxylic acids is 2. The zero-order valence-electron chi connectivity index (χ0n) is 17.9. The van der Waals surface area contributed by atoms with Crippen molar-refractivity contribution in [3.8, 4) is 17.1 Å². The Morgan fingerprint density at radius 2 is 1.97 bits per heavy atom. The summed E-state index contributed by atoms with van der Waals surface area (Å²) in [5.74, 6) is 0.370. The molecule has 9 heteroatoms. The van der Waals surface area contributed by atoms with Crippen molar-refractivity contribution >= 4 is 11.7 Å². The van der Waals surface area contributed by atoms with Gasteiger partial charge >= 0.3 is 0 Å². The molecule has 8 nitrogen and oxygen atoms in total. The van der Waals surface area contributed by atoms with Crippen LogP contribution in [0.3, 0.4) is 0 Å². The first kappa shape index (κ1) is 20.4. The summed E-state index contributed by atoms with van der Waals surface area (Å²) < 4.78 is 26.5. The number of likely N-dealkylation sites (tertiary alicyclic amines) is 1. The number of hydrogen-bond acceptors (Lipinski definition) is 6. The Balaban J connectivity index is 1.23. The molecule has 2 aliphatic rings. The van der Waals surface area contributed by atoms with Crippen molar-refractivity contribution in [2.45, 2.75) is 32.3 Å². The van der Waals surface area contributed by atoms with Crippen molar-refractivity contribution in [2.75, 3.05) is 13.1 Å². The quantitative estimate of drug-likeness (QED) is 0.623. The van der Waals surface area contributed by atoms with Crippen molar-refractivity contribution in [3.63, 3.8) is 0 Å². The Bertz CT molecular complexity index is 1190. The van der Waals surface area contributed by atoms with Gasteiger partial charge in [-0.3, -0.25) is 14.3 Å². The molecule has 166 valence electrons. The second-order valence-electron chi connectivity index (χ2n) is 8.43. The average Bonchev–Trinajstić information content (AvgIpc) is 3.39. The van der Waals surface area contributed by atoms with Crippen LogP contribution in [0.15, 0.2) is 35.0 Å². The molecule has 0 bridgehead atoms. The van der Waals surface area contributed by atoms with Gasteiger partial charge in [0.15, 0.2) is 17.2 Å². The van der Waals surface area contributed by atoms with E-state index >= 15 is 0 Å². The molecule has 5 rings (SSSR count). The molecular formula is C23H23FN4O4. The number of hydrogen-bond donors (Lipinski definition) is 0. The van der Waals surface area contributed by atoms with Gasteiger partial charge in [-0.2, -0.15) is 5.10 Å². The number of amides is 1. The third kappa shape index (κ3) is 3.68. The number of ether oxygens (including phenoxy) is 1. The number of piperidine rings is 1. The van der Waals surface area contributed by atoms with E-state index in [2.05, 4.69) is 10.3 Å². The van der Waals surface area contributed by atoms with Crippen molar-refractivity contribution < 1.29 is 23.2 Å². The highest BCUT2D eigenvalue weighted by Gasteiger charge is 2.36. The third-order valence-electron chi connectivity index (χ3n) is 6.27. The van der Waals surface area contributed by atoms with Crippen LogP contribution in [-0.2, 0) is 7.05 Å². The summed E-state index contributed by atoms with van der Waals surface area (Å²) in [5.41, 5.74) is 2.17. The number of halogens is 1. The molecule has 0 spiro atoms. The summed E-state index contributed by atoms with van der Waals surface area (Å²) >= 11 is 0. The first-order valence-electron chi connectivity index (χ1n) is 10.6. The lowest BCUT2D eigenvalue weighted by atomic mass is 9.86. The van der Waals surface area contributed by atoms with Gasteiger partial charge in [-0.25, -0.2) is 4.39 Å². The maximum Gasteiger partial charge on any atom is 0.276 e. The zero-order chi connectivity index (χ0) is 22.4. The summed E-state index contributed by atoms with van der Waals surface area (Å²) in [5, 5.41) is 8.25. The van der Waals surface area contributed by atoms with Crippen LogP contribution in [0.5, 0.6) is 5.75 Å². The number of fused-ring (bicyclic) bond motifs is 1. The second-order valence-corrected chi connectivity index (χ2v) is 8.43. The lowest BCUT2D eigenvalue weighted by Crippen LogP contribution is -2.44. The summed E-state index contributed by atoms with van der Waals surface area (Å²) in [7, 11) is 1.82. The minimum Gasteiger partial charge on any atom is -0.489 e. The largest absolute Gasteiger partial charge is 0.489 e. The summed E-state index contributed by atoms with van der Waals surface area (Å²) in [6, 6.07) is 5.69. The van der Waals surface area contributed by atoms with Crippen LogP contribution in [0.4, 0.5) is 4.39 Å². The predicted octanol–water partition coefficient (Wildman–Crippen LogP) is 3.41. The van der Waals surface area contributed by atoms with Gasteiger partial charge in [0, 0.05) is 38.8 Å². The average molecular weight is 438 g/mol. The van der Waals surface area contributed by atoms with E-state index in [1.54, 1.807) is 15.6 Å². The van der Waals surface area contributed by atoms with E-state index in [1.165, 1.54) is 18.2 Å². The van der Waals surface area contributed by atoms with Gasteiger partial charge in [0.2, 0.25) is 0 Å². The van der Waals surface area contributed by atoms with Gasteiger partial charge in [0.1, 0.15) is 17.7 Å². The Hall–Kier alpha value is -3.49. The van der Waals surface area contributed by atoms with Gasteiger partial charge in [0.25, 0.3) is 5.91 Å². The molecule has 1 amide bonds. The minimum absolute atomic E-state index is 0.102. The Kier molecular flexibility index (Phi) is 5.03. The fourth-order valence-corrected chi connectivity index (χ4v) is 4.56. The van der Waals surface area contributed by atoms with Gasteiger partial charge < -0.3 is 14.2 Å². The topological polar surface area (TPSA) is 90.5 Å². The van der Waals surface area contributed by atoms with Crippen LogP contribution in [0.2, 0.25) is 0 Å².